The number of anilines is 1. The van der Waals surface area contributed by atoms with Gasteiger partial charge in [0.25, 0.3) is 0 Å². The molecule has 2 heterocycles. The van der Waals surface area contributed by atoms with Gasteiger partial charge < -0.3 is 11.2 Å². The molecule has 0 fully saturated rings. The molecular weight excluding hydrogens is 422 g/mol. The van der Waals surface area contributed by atoms with Crippen molar-refractivity contribution < 1.29 is 4.79 Å². The molecule has 0 spiro atoms. The van der Waals surface area contributed by atoms with Gasteiger partial charge in [-0.05, 0) is 31.2 Å². The smallest absolute Gasteiger partial charge is 0.236 e. The summed E-state index contributed by atoms with van der Waals surface area (Å²) < 4.78 is 3.02. The summed E-state index contributed by atoms with van der Waals surface area (Å²) in [5.41, 5.74) is 2.33. The summed E-state index contributed by atoms with van der Waals surface area (Å²) in [5.74, 6) is 7.04. The van der Waals surface area contributed by atoms with E-state index in [-0.39, 0.29) is 11.7 Å². The van der Waals surface area contributed by atoms with Crippen LogP contribution in [-0.2, 0) is 4.79 Å². The fraction of sp³-hybridized carbons (Fsp3) is 0.100. The molecule has 0 aliphatic carbocycles. The number of para-hydroxylation sites is 1. The normalized spacial score (nSPS) is 10.9. The number of hydrogen-bond donors (Lipinski definition) is 2. The van der Waals surface area contributed by atoms with Crippen molar-refractivity contribution in [1.29, 1.82) is 0 Å². The average Bonchev–Trinajstić information content (AvgIpc) is 3.29. The molecule has 0 saturated heterocycles. The Morgan fingerprint density at radius 2 is 1.87 bits per heavy atom. The average molecular weight is 440 g/mol. The Morgan fingerprint density at radius 1 is 1.13 bits per heavy atom. The van der Waals surface area contributed by atoms with Crippen molar-refractivity contribution in [1.82, 2.24) is 24.7 Å². The van der Waals surface area contributed by atoms with Crippen molar-refractivity contribution in [3.63, 3.8) is 0 Å². The molecule has 0 unspecified atom stereocenters. The summed E-state index contributed by atoms with van der Waals surface area (Å²) in [4.78, 5) is 12.5. The molecule has 152 valence electrons. The monoisotopic (exact) mass is 439 g/mol. The van der Waals surface area contributed by atoms with Gasteiger partial charge >= 0.3 is 0 Å². The highest BCUT2D eigenvalue weighted by atomic mass is 35.5. The zero-order valence-electron chi connectivity index (χ0n) is 16.0. The van der Waals surface area contributed by atoms with E-state index in [9.17, 15) is 4.79 Å². The summed E-state index contributed by atoms with van der Waals surface area (Å²) in [6.07, 6.45) is 0. The van der Waals surface area contributed by atoms with Crippen LogP contribution in [0.5, 0.6) is 0 Å². The number of thioether (sulfide) groups is 1. The Hall–Kier alpha value is -3.30. The van der Waals surface area contributed by atoms with Gasteiger partial charge in [-0.25, -0.2) is 9.36 Å². The van der Waals surface area contributed by atoms with Gasteiger partial charge in [0.1, 0.15) is 5.82 Å². The molecule has 10 heteroatoms. The molecule has 2 aromatic carbocycles. The number of halogens is 1. The topological polar surface area (TPSA) is 104 Å². The molecule has 1 amide bonds. The molecule has 0 bridgehead atoms. The van der Waals surface area contributed by atoms with Gasteiger partial charge in [-0.3, -0.25) is 4.79 Å². The van der Waals surface area contributed by atoms with Crippen molar-refractivity contribution in [2.24, 2.45) is 0 Å². The van der Waals surface area contributed by atoms with E-state index in [2.05, 4.69) is 20.6 Å². The second-order valence-corrected chi connectivity index (χ2v) is 7.76. The fourth-order valence-electron chi connectivity index (χ4n) is 2.87. The predicted molar refractivity (Wildman–Crippen MR) is 118 cm³/mol. The van der Waals surface area contributed by atoms with Crippen LogP contribution in [0.4, 0.5) is 5.82 Å². The molecule has 4 rings (SSSR count). The SMILES string of the molecule is Cc1cc(NC(=O)CSc2nnc(-c3ccccc3Cl)n2N)n(-c2ccccc2)n1. The lowest BCUT2D eigenvalue weighted by Crippen LogP contribution is -2.18. The highest BCUT2D eigenvalue weighted by molar-refractivity contribution is 7.99. The maximum atomic E-state index is 12.5. The van der Waals surface area contributed by atoms with Gasteiger partial charge in [-0.1, -0.05) is 53.7 Å². The minimum absolute atomic E-state index is 0.108. The number of carbonyl (C=O) groups is 1. The number of amides is 1. The molecule has 0 saturated carbocycles. The summed E-state index contributed by atoms with van der Waals surface area (Å²) in [6.45, 7) is 1.87. The van der Waals surface area contributed by atoms with Crippen LogP contribution in [0.2, 0.25) is 5.02 Å². The molecule has 2 aromatic heterocycles. The van der Waals surface area contributed by atoms with Crippen molar-refractivity contribution in [2.75, 3.05) is 16.9 Å². The molecule has 0 aliphatic heterocycles. The number of nitrogens with one attached hydrogen (secondary N) is 1. The van der Waals surface area contributed by atoms with E-state index in [0.717, 1.165) is 11.4 Å². The predicted octanol–water partition coefficient (Wildman–Crippen LogP) is 3.54. The second kappa shape index (κ2) is 8.60. The Morgan fingerprint density at radius 3 is 2.63 bits per heavy atom. The van der Waals surface area contributed by atoms with Crippen LogP contribution >= 0.6 is 23.4 Å². The summed E-state index contributed by atoms with van der Waals surface area (Å²) in [7, 11) is 0. The van der Waals surface area contributed by atoms with Gasteiger partial charge in [-0.2, -0.15) is 5.10 Å². The lowest BCUT2D eigenvalue weighted by molar-refractivity contribution is -0.113. The molecule has 0 atom stereocenters. The zero-order chi connectivity index (χ0) is 21.1. The molecule has 30 heavy (non-hydrogen) atoms. The third-order valence-electron chi connectivity index (χ3n) is 4.21. The number of hydrogen-bond acceptors (Lipinski definition) is 6. The largest absolute Gasteiger partial charge is 0.335 e. The van der Waals surface area contributed by atoms with Gasteiger partial charge in [-0.15, -0.1) is 10.2 Å². The molecular formula is C20H18ClN7OS. The minimum atomic E-state index is -0.209. The summed E-state index contributed by atoms with van der Waals surface area (Å²) in [5, 5.41) is 16.4. The Balaban J connectivity index is 1.45. The van der Waals surface area contributed by atoms with E-state index in [0.29, 0.717) is 27.4 Å². The van der Waals surface area contributed by atoms with E-state index < -0.39 is 0 Å². The second-order valence-electron chi connectivity index (χ2n) is 6.41. The summed E-state index contributed by atoms with van der Waals surface area (Å²) >= 11 is 7.39. The number of nitrogen functional groups attached to an aromatic ring is 1. The van der Waals surface area contributed by atoms with E-state index in [1.807, 2.05) is 61.5 Å². The van der Waals surface area contributed by atoms with Crippen molar-refractivity contribution in [2.45, 2.75) is 12.1 Å². The fourth-order valence-corrected chi connectivity index (χ4v) is 3.74. The van der Waals surface area contributed by atoms with Gasteiger partial charge in [0.15, 0.2) is 5.82 Å². The lowest BCUT2D eigenvalue weighted by Gasteiger charge is -2.09. The first-order valence-electron chi connectivity index (χ1n) is 9.03. The van der Waals surface area contributed by atoms with Crippen LogP contribution in [-0.4, -0.2) is 36.3 Å². The quantitative estimate of drug-likeness (QED) is 0.352. The Labute approximate surface area is 182 Å². The number of carbonyl (C=O) groups excluding carboxylic acids is 1. The molecule has 4 aromatic rings. The molecule has 8 nitrogen and oxygen atoms in total. The van der Waals surface area contributed by atoms with Crippen molar-refractivity contribution >= 4 is 35.1 Å². The highest BCUT2D eigenvalue weighted by Crippen LogP contribution is 2.27. The zero-order valence-corrected chi connectivity index (χ0v) is 17.6. The van der Waals surface area contributed by atoms with Crippen LogP contribution in [0.25, 0.3) is 17.1 Å². The number of rotatable bonds is 6. The number of nitrogens with two attached hydrogens (primary N) is 1. The first-order valence-corrected chi connectivity index (χ1v) is 10.4. The molecule has 3 N–H and O–H groups in total. The number of aromatic nitrogens is 5. The van der Waals surface area contributed by atoms with Gasteiger partial charge in [0.05, 0.1) is 22.2 Å². The Bertz CT molecular complexity index is 1190. The van der Waals surface area contributed by atoms with E-state index in [1.165, 1.54) is 16.4 Å². The number of aryl methyl sites for hydroxylation is 1. The van der Waals surface area contributed by atoms with Crippen molar-refractivity contribution in [3.8, 4) is 17.1 Å². The van der Waals surface area contributed by atoms with Crippen LogP contribution in [0.1, 0.15) is 5.69 Å². The molecule has 0 radical (unpaired) electrons. The standard InChI is InChI=1S/C20H18ClN7OS/c1-13-11-17(28(26-13)14-7-3-2-4-8-14)23-18(29)12-30-20-25-24-19(27(20)22)15-9-5-6-10-16(15)21/h2-11H,12,22H2,1H3,(H,23,29). The maximum Gasteiger partial charge on any atom is 0.236 e. The van der Waals surface area contributed by atoms with Crippen LogP contribution < -0.4 is 11.2 Å². The third kappa shape index (κ3) is 4.17. The van der Waals surface area contributed by atoms with Crippen LogP contribution in [0.15, 0.2) is 65.8 Å². The highest BCUT2D eigenvalue weighted by Gasteiger charge is 2.17. The molecule has 0 aliphatic rings. The van der Waals surface area contributed by atoms with Crippen LogP contribution in [0.3, 0.4) is 0 Å². The number of nitrogens with zero attached hydrogens (tertiary/aromatic N) is 5. The Kier molecular flexibility index (Phi) is 5.73. The minimum Gasteiger partial charge on any atom is -0.335 e. The number of benzene rings is 2. The summed E-state index contributed by atoms with van der Waals surface area (Å²) in [6, 6.07) is 18.6. The van der Waals surface area contributed by atoms with Crippen LogP contribution in [0, 0.1) is 6.92 Å². The van der Waals surface area contributed by atoms with E-state index in [1.54, 1.807) is 10.7 Å². The first kappa shape index (κ1) is 20.0. The first-order chi connectivity index (χ1) is 14.5. The van der Waals surface area contributed by atoms with E-state index >= 15 is 0 Å². The third-order valence-corrected chi connectivity index (χ3v) is 5.48. The van der Waals surface area contributed by atoms with E-state index in [4.69, 9.17) is 17.4 Å². The lowest BCUT2D eigenvalue weighted by atomic mass is 10.2. The van der Waals surface area contributed by atoms with Crippen molar-refractivity contribution in [3.05, 3.63) is 71.4 Å². The maximum absolute atomic E-state index is 12.5. The van der Waals surface area contributed by atoms with Gasteiger partial charge in [0, 0.05) is 11.6 Å². The van der Waals surface area contributed by atoms with Gasteiger partial charge in [0.2, 0.25) is 11.1 Å².